The maximum absolute atomic E-state index is 13.0. The minimum atomic E-state index is -3.70. The zero-order valence-corrected chi connectivity index (χ0v) is 20.6. The molecule has 1 aliphatic heterocycles. The summed E-state index contributed by atoms with van der Waals surface area (Å²) < 4.78 is 33.0. The molecule has 2 atom stereocenters. The summed E-state index contributed by atoms with van der Waals surface area (Å²) in [7, 11) is -3.70. The van der Waals surface area contributed by atoms with Crippen molar-refractivity contribution >= 4 is 33.4 Å². The van der Waals surface area contributed by atoms with Crippen LogP contribution in [0.1, 0.15) is 36.5 Å². The van der Waals surface area contributed by atoms with Crippen LogP contribution in [0.15, 0.2) is 59.5 Å². The van der Waals surface area contributed by atoms with E-state index >= 15 is 0 Å². The van der Waals surface area contributed by atoms with Gasteiger partial charge in [-0.2, -0.15) is 4.31 Å². The van der Waals surface area contributed by atoms with E-state index in [1.165, 1.54) is 28.6 Å². The molecule has 0 bridgehead atoms. The molecule has 184 valence electrons. The number of benzene rings is 2. The summed E-state index contributed by atoms with van der Waals surface area (Å²) in [5.74, 6) is -0.634. The molecule has 2 aromatic rings. The van der Waals surface area contributed by atoms with E-state index in [4.69, 9.17) is 16.3 Å². The van der Waals surface area contributed by atoms with Crippen molar-refractivity contribution < 1.29 is 22.7 Å². The molecule has 10 heteroatoms. The SMILES string of the molecule is CCCC[C@H](NC(=O)c1ccccc1)C(=O)NCC1CN(S(=O)(=O)c2ccc(Cl)cc2)CCO1. The number of hydrogen-bond acceptors (Lipinski definition) is 5. The molecule has 0 saturated carbocycles. The van der Waals surface area contributed by atoms with Crippen molar-refractivity contribution in [2.45, 2.75) is 43.2 Å². The van der Waals surface area contributed by atoms with Crippen LogP contribution in [0, 0.1) is 0 Å². The summed E-state index contributed by atoms with van der Waals surface area (Å²) in [6.07, 6.45) is 1.66. The molecule has 3 rings (SSSR count). The molecule has 1 unspecified atom stereocenters. The largest absolute Gasteiger partial charge is 0.374 e. The quantitative estimate of drug-likeness (QED) is 0.514. The van der Waals surface area contributed by atoms with Gasteiger partial charge in [0.25, 0.3) is 5.91 Å². The number of amides is 2. The number of halogens is 1. The number of sulfonamides is 1. The van der Waals surface area contributed by atoms with Crippen LogP contribution in [-0.2, 0) is 19.6 Å². The number of rotatable bonds is 10. The van der Waals surface area contributed by atoms with Crippen LogP contribution in [0.4, 0.5) is 0 Å². The molecule has 0 spiro atoms. The molecular weight excluding hydrogens is 478 g/mol. The van der Waals surface area contributed by atoms with Crippen LogP contribution in [0.25, 0.3) is 0 Å². The van der Waals surface area contributed by atoms with Crippen molar-refractivity contribution in [1.82, 2.24) is 14.9 Å². The molecule has 0 radical (unpaired) electrons. The predicted octanol–water partition coefficient (Wildman–Crippen LogP) is 2.83. The van der Waals surface area contributed by atoms with E-state index in [1.807, 2.05) is 13.0 Å². The fraction of sp³-hybridized carbons (Fsp3) is 0.417. The molecule has 34 heavy (non-hydrogen) atoms. The third kappa shape index (κ3) is 7.02. The van der Waals surface area contributed by atoms with E-state index in [0.29, 0.717) is 17.0 Å². The number of ether oxygens (including phenoxy) is 1. The Morgan fingerprint density at radius 2 is 1.85 bits per heavy atom. The Labute approximate surface area is 205 Å². The second-order valence-electron chi connectivity index (χ2n) is 8.09. The fourth-order valence-corrected chi connectivity index (χ4v) is 5.22. The van der Waals surface area contributed by atoms with E-state index in [1.54, 1.807) is 24.3 Å². The first kappa shape index (κ1) is 26.2. The number of nitrogens with zero attached hydrogens (tertiary/aromatic N) is 1. The van der Waals surface area contributed by atoms with E-state index in [-0.39, 0.29) is 43.0 Å². The highest BCUT2D eigenvalue weighted by molar-refractivity contribution is 7.89. The summed E-state index contributed by atoms with van der Waals surface area (Å²) in [4.78, 5) is 25.6. The van der Waals surface area contributed by atoms with E-state index < -0.39 is 22.2 Å². The van der Waals surface area contributed by atoms with Gasteiger partial charge in [0.05, 0.1) is 17.6 Å². The maximum atomic E-state index is 13.0. The second-order valence-corrected chi connectivity index (χ2v) is 10.5. The van der Waals surface area contributed by atoms with Crippen LogP contribution >= 0.6 is 11.6 Å². The van der Waals surface area contributed by atoms with Gasteiger partial charge in [0.1, 0.15) is 6.04 Å². The lowest BCUT2D eigenvalue weighted by Crippen LogP contribution is -2.52. The van der Waals surface area contributed by atoms with Gasteiger partial charge in [0.15, 0.2) is 0 Å². The Kier molecular flexibility index (Phi) is 9.46. The standard InChI is InChI=1S/C24H30ClN3O5S/c1-2-3-9-22(27-23(29)18-7-5-4-6-8-18)24(30)26-16-20-17-28(14-15-33-20)34(31,32)21-12-10-19(25)11-13-21/h4-8,10-13,20,22H,2-3,9,14-17H2,1H3,(H,26,30)(H,27,29)/t20?,22-/m0/s1. The molecule has 0 aliphatic carbocycles. The molecule has 1 aliphatic rings. The van der Waals surface area contributed by atoms with Gasteiger partial charge < -0.3 is 15.4 Å². The molecule has 2 N–H and O–H groups in total. The first-order valence-electron chi connectivity index (χ1n) is 11.3. The number of hydrogen-bond donors (Lipinski definition) is 2. The molecule has 0 aromatic heterocycles. The Hall–Kier alpha value is -2.46. The van der Waals surface area contributed by atoms with Crippen molar-refractivity contribution in [3.05, 3.63) is 65.2 Å². The van der Waals surface area contributed by atoms with Crippen LogP contribution in [0.2, 0.25) is 5.02 Å². The zero-order valence-electron chi connectivity index (χ0n) is 19.1. The summed E-state index contributed by atoms with van der Waals surface area (Å²) >= 11 is 5.87. The van der Waals surface area contributed by atoms with Gasteiger partial charge in [0, 0.05) is 30.2 Å². The number of morpholine rings is 1. The van der Waals surface area contributed by atoms with Crippen molar-refractivity contribution in [2.75, 3.05) is 26.2 Å². The van der Waals surface area contributed by atoms with Crippen LogP contribution < -0.4 is 10.6 Å². The maximum Gasteiger partial charge on any atom is 0.251 e. The summed E-state index contributed by atoms with van der Waals surface area (Å²) in [6.45, 7) is 2.70. The van der Waals surface area contributed by atoms with Crippen LogP contribution in [0.5, 0.6) is 0 Å². The van der Waals surface area contributed by atoms with Crippen molar-refractivity contribution in [1.29, 1.82) is 0 Å². The topological polar surface area (TPSA) is 105 Å². The smallest absolute Gasteiger partial charge is 0.251 e. The Morgan fingerprint density at radius 3 is 2.53 bits per heavy atom. The molecule has 1 fully saturated rings. The summed E-state index contributed by atoms with van der Waals surface area (Å²) in [5, 5.41) is 6.08. The molecule has 1 heterocycles. The number of carbonyl (C=O) groups is 2. The fourth-order valence-electron chi connectivity index (χ4n) is 3.64. The van der Waals surface area contributed by atoms with Gasteiger partial charge in [-0.15, -0.1) is 0 Å². The molecule has 2 aromatic carbocycles. The molecular formula is C24H30ClN3O5S. The van der Waals surface area contributed by atoms with E-state index in [0.717, 1.165) is 12.8 Å². The highest BCUT2D eigenvalue weighted by Gasteiger charge is 2.31. The average Bonchev–Trinajstić information content (AvgIpc) is 2.86. The highest BCUT2D eigenvalue weighted by atomic mass is 35.5. The predicted molar refractivity (Wildman–Crippen MR) is 130 cm³/mol. The molecule has 8 nitrogen and oxygen atoms in total. The van der Waals surface area contributed by atoms with Crippen LogP contribution in [-0.4, -0.2) is 62.9 Å². The zero-order chi connectivity index (χ0) is 24.6. The Balaban J connectivity index is 1.59. The molecule has 2 amide bonds. The average molecular weight is 508 g/mol. The first-order valence-corrected chi connectivity index (χ1v) is 13.1. The Bertz CT molecular complexity index is 1060. The van der Waals surface area contributed by atoms with Gasteiger partial charge in [-0.3, -0.25) is 9.59 Å². The Morgan fingerprint density at radius 1 is 1.15 bits per heavy atom. The number of unbranched alkanes of at least 4 members (excludes halogenated alkanes) is 1. The third-order valence-electron chi connectivity index (χ3n) is 5.56. The van der Waals surface area contributed by atoms with Crippen molar-refractivity contribution in [3.63, 3.8) is 0 Å². The van der Waals surface area contributed by atoms with Crippen molar-refractivity contribution in [3.8, 4) is 0 Å². The third-order valence-corrected chi connectivity index (χ3v) is 7.69. The monoisotopic (exact) mass is 507 g/mol. The normalized spacial score (nSPS) is 17.6. The summed E-state index contributed by atoms with van der Waals surface area (Å²) in [6, 6.07) is 14.0. The van der Waals surface area contributed by atoms with Gasteiger partial charge >= 0.3 is 0 Å². The van der Waals surface area contributed by atoms with Gasteiger partial charge in [-0.05, 0) is 42.8 Å². The van der Waals surface area contributed by atoms with Gasteiger partial charge in [-0.25, -0.2) is 8.42 Å². The van der Waals surface area contributed by atoms with E-state index in [9.17, 15) is 18.0 Å². The lowest BCUT2D eigenvalue weighted by Gasteiger charge is -2.32. The second kappa shape index (κ2) is 12.3. The minimum absolute atomic E-state index is 0.112. The van der Waals surface area contributed by atoms with Crippen LogP contribution in [0.3, 0.4) is 0 Å². The lowest BCUT2D eigenvalue weighted by molar-refractivity contribution is -0.124. The van der Waals surface area contributed by atoms with E-state index in [2.05, 4.69) is 10.6 Å². The number of carbonyl (C=O) groups excluding carboxylic acids is 2. The number of nitrogens with one attached hydrogen (secondary N) is 2. The summed E-state index contributed by atoms with van der Waals surface area (Å²) in [5.41, 5.74) is 0.482. The molecule has 1 saturated heterocycles. The lowest BCUT2D eigenvalue weighted by atomic mass is 10.1. The van der Waals surface area contributed by atoms with Gasteiger partial charge in [0.2, 0.25) is 15.9 Å². The first-order chi connectivity index (χ1) is 16.3. The minimum Gasteiger partial charge on any atom is -0.374 e. The van der Waals surface area contributed by atoms with Crippen molar-refractivity contribution in [2.24, 2.45) is 0 Å². The highest BCUT2D eigenvalue weighted by Crippen LogP contribution is 2.20. The van der Waals surface area contributed by atoms with Gasteiger partial charge in [-0.1, -0.05) is 49.6 Å².